The minimum absolute atomic E-state index is 0.678. The van der Waals surface area contributed by atoms with E-state index in [4.69, 9.17) is 14.2 Å². The van der Waals surface area contributed by atoms with E-state index in [2.05, 4.69) is 4.90 Å². The zero-order valence-corrected chi connectivity index (χ0v) is 12.4. The third-order valence-electron chi connectivity index (χ3n) is 2.27. The fraction of sp³-hybridized carbons (Fsp3) is 0.600. The van der Waals surface area contributed by atoms with Crippen molar-refractivity contribution >= 4 is 0 Å². The highest BCUT2D eigenvalue weighted by atomic mass is 16.5. The summed E-state index contributed by atoms with van der Waals surface area (Å²) >= 11 is 0. The van der Waals surface area contributed by atoms with Gasteiger partial charge in [-0.05, 0) is 20.8 Å². The van der Waals surface area contributed by atoms with Gasteiger partial charge in [0.2, 0.25) is 0 Å². The van der Waals surface area contributed by atoms with Gasteiger partial charge in [0, 0.05) is 19.6 Å². The summed E-state index contributed by atoms with van der Waals surface area (Å²) in [5.41, 5.74) is 0. The Hall–Kier alpha value is -1.42. The van der Waals surface area contributed by atoms with Crippen LogP contribution < -0.4 is 0 Å². The van der Waals surface area contributed by atoms with Gasteiger partial charge in [-0.2, -0.15) is 0 Å². The van der Waals surface area contributed by atoms with Gasteiger partial charge in [-0.1, -0.05) is 18.2 Å². The molecule has 0 N–H and O–H groups in total. The first-order valence-electron chi connectivity index (χ1n) is 6.75. The summed E-state index contributed by atoms with van der Waals surface area (Å²) in [6, 6.07) is 0. The lowest BCUT2D eigenvalue weighted by molar-refractivity contribution is 0.118. The molecule has 0 saturated carbocycles. The molecule has 0 bridgehead atoms. The Balaban J connectivity index is 3.84. The Morgan fingerprint density at radius 1 is 0.632 bits per heavy atom. The number of hydrogen-bond acceptors (Lipinski definition) is 4. The van der Waals surface area contributed by atoms with Crippen molar-refractivity contribution in [3.05, 3.63) is 37.0 Å². The van der Waals surface area contributed by atoms with E-state index in [0.29, 0.717) is 19.8 Å². The zero-order chi connectivity index (χ0) is 14.2. The SMILES string of the molecule is CC=COCCN(CCOC=CC)CCOC=CC. The number of allylic oxidation sites excluding steroid dienone is 3. The molecular formula is C15H27NO3. The quantitative estimate of drug-likeness (QED) is 0.402. The van der Waals surface area contributed by atoms with Gasteiger partial charge < -0.3 is 14.2 Å². The molecule has 0 rings (SSSR count). The van der Waals surface area contributed by atoms with Crippen molar-refractivity contribution in [2.24, 2.45) is 0 Å². The summed E-state index contributed by atoms with van der Waals surface area (Å²) in [6.07, 6.45) is 10.8. The lowest BCUT2D eigenvalue weighted by atomic mass is 10.4. The van der Waals surface area contributed by atoms with Gasteiger partial charge >= 0.3 is 0 Å². The molecule has 0 atom stereocenters. The van der Waals surface area contributed by atoms with E-state index in [-0.39, 0.29) is 0 Å². The number of rotatable bonds is 12. The molecule has 0 heterocycles. The van der Waals surface area contributed by atoms with E-state index in [9.17, 15) is 0 Å². The Labute approximate surface area is 117 Å². The van der Waals surface area contributed by atoms with Gasteiger partial charge in [0.25, 0.3) is 0 Å². The topological polar surface area (TPSA) is 30.9 Å². The normalized spacial score (nSPS) is 12.0. The summed E-state index contributed by atoms with van der Waals surface area (Å²) in [6.45, 7) is 10.4. The van der Waals surface area contributed by atoms with Crippen LogP contribution in [0.1, 0.15) is 20.8 Å². The smallest absolute Gasteiger partial charge is 0.1000 e. The molecule has 0 aromatic heterocycles. The highest BCUT2D eigenvalue weighted by Crippen LogP contribution is 1.92. The van der Waals surface area contributed by atoms with Crippen molar-refractivity contribution in [3.8, 4) is 0 Å². The monoisotopic (exact) mass is 269 g/mol. The molecule has 110 valence electrons. The van der Waals surface area contributed by atoms with Crippen LogP contribution >= 0.6 is 0 Å². The minimum Gasteiger partial charge on any atom is -0.500 e. The molecule has 4 heteroatoms. The summed E-state index contributed by atoms with van der Waals surface area (Å²) in [5, 5.41) is 0. The predicted molar refractivity (Wildman–Crippen MR) is 78.7 cm³/mol. The van der Waals surface area contributed by atoms with Gasteiger partial charge in [0.05, 0.1) is 38.6 Å². The Morgan fingerprint density at radius 3 is 1.21 bits per heavy atom. The predicted octanol–water partition coefficient (Wildman–Crippen LogP) is 2.94. The third kappa shape index (κ3) is 12.8. The average molecular weight is 269 g/mol. The van der Waals surface area contributed by atoms with Crippen molar-refractivity contribution in [1.82, 2.24) is 4.90 Å². The lowest BCUT2D eigenvalue weighted by Crippen LogP contribution is -2.33. The maximum atomic E-state index is 5.34. The molecule has 0 aromatic rings. The first-order chi connectivity index (χ1) is 9.35. The van der Waals surface area contributed by atoms with Crippen molar-refractivity contribution < 1.29 is 14.2 Å². The second-order valence-corrected chi connectivity index (χ2v) is 3.86. The summed E-state index contributed by atoms with van der Waals surface area (Å²) in [5.74, 6) is 0. The largest absolute Gasteiger partial charge is 0.500 e. The minimum atomic E-state index is 0.678. The van der Waals surface area contributed by atoms with E-state index in [0.717, 1.165) is 19.6 Å². The number of ether oxygens (including phenoxy) is 3. The highest BCUT2D eigenvalue weighted by molar-refractivity contribution is 4.69. The first-order valence-corrected chi connectivity index (χ1v) is 6.75. The summed E-state index contributed by atoms with van der Waals surface area (Å²) < 4.78 is 16.0. The van der Waals surface area contributed by atoms with Gasteiger partial charge in [-0.25, -0.2) is 0 Å². The average Bonchev–Trinajstić information content (AvgIpc) is 2.43. The molecule has 0 aliphatic rings. The molecule has 0 spiro atoms. The van der Waals surface area contributed by atoms with Crippen LogP contribution in [-0.4, -0.2) is 44.4 Å². The molecule has 0 aromatic carbocycles. The van der Waals surface area contributed by atoms with Crippen LogP contribution in [0.15, 0.2) is 37.0 Å². The van der Waals surface area contributed by atoms with Crippen LogP contribution in [0.3, 0.4) is 0 Å². The highest BCUT2D eigenvalue weighted by Gasteiger charge is 2.04. The molecule has 4 nitrogen and oxygen atoms in total. The van der Waals surface area contributed by atoms with E-state index in [1.54, 1.807) is 18.8 Å². The molecule has 0 amide bonds. The zero-order valence-electron chi connectivity index (χ0n) is 12.4. The van der Waals surface area contributed by atoms with Gasteiger partial charge in [-0.3, -0.25) is 4.90 Å². The maximum Gasteiger partial charge on any atom is 0.1000 e. The second-order valence-electron chi connectivity index (χ2n) is 3.86. The Bertz CT molecular complexity index is 219. The van der Waals surface area contributed by atoms with Crippen LogP contribution in [0, 0.1) is 0 Å². The standard InChI is InChI=1S/C15H27NO3/c1-4-10-17-13-7-16(8-14-18-11-5-2)9-15-19-12-6-3/h4-6,10-12H,7-9,13-15H2,1-3H3. The number of hydrogen-bond donors (Lipinski definition) is 0. The van der Waals surface area contributed by atoms with Crippen molar-refractivity contribution in [2.45, 2.75) is 20.8 Å². The molecule has 0 unspecified atom stereocenters. The number of nitrogens with zero attached hydrogens (tertiary/aromatic N) is 1. The molecule has 0 fully saturated rings. The van der Waals surface area contributed by atoms with Crippen LogP contribution in [0.25, 0.3) is 0 Å². The van der Waals surface area contributed by atoms with E-state index < -0.39 is 0 Å². The van der Waals surface area contributed by atoms with Crippen LogP contribution in [0.4, 0.5) is 0 Å². The van der Waals surface area contributed by atoms with Crippen molar-refractivity contribution in [3.63, 3.8) is 0 Å². The van der Waals surface area contributed by atoms with Crippen LogP contribution in [0.5, 0.6) is 0 Å². The third-order valence-corrected chi connectivity index (χ3v) is 2.27. The van der Waals surface area contributed by atoms with Crippen molar-refractivity contribution in [1.29, 1.82) is 0 Å². The lowest BCUT2D eigenvalue weighted by Gasteiger charge is -2.21. The van der Waals surface area contributed by atoms with Gasteiger partial charge in [0.15, 0.2) is 0 Å². The van der Waals surface area contributed by atoms with E-state index in [1.807, 2.05) is 39.0 Å². The fourth-order valence-corrected chi connectivity index (χ4v) is 1.37. The second kappa shape index (κ2) is 14.6. The molecular weight excluding hydrogens is 242 g/mol. The van der Waals surface area contributed by atoms with Gasteiger partial charge in [0.1, 0.15) is 0 Å². The van der Waals surface area contributed by atoms with Crippen LogP contribution in [-0.2, 0) is 14.2 Å². The van der Waals surface area contributed by atoms with E-state index in [1.165, 1.54) is 0 Å². The Kier molecular flexibility index (Phi) is 13.5. The van der Waals surface area contributed by atoms with Gasteiger partial charge in [-0.15, -0.1) is 0 Å². The van der Waals surface area contributed by atoms with Crippen LogP contribution in [0.2, 0.25) is 0 Å². The van der Waals surface area contributed by atoms with E-state index >= 15 is 0 Å². The molecule has 0 aliphatic carbocycles. The Morgan fingerprint density at radius 2 is 0.947 bits per heavy atom. The first kappa shape index (κ1) is 17.6. The summed E-state index contributed by atoms with van der Waals surface area (Å²) in [7, 11) is 0. The molecule has 0 saturated heterocycles. The maximum absolute atomic E-state index is 5.34. The van der Waals surface area contributed by atoms with Crippen molar-refractivity contribution in [2.75, 3.05) is 39.5 Å². The summed E-state index contributed by atoms with van der Waals surface area (Å²) in [4.78, 5) is 2.26. The molecule has 0 aliphatic heterocycles. The molecule has 0 radical (unpaired) electrons. The molecule has 19 heavy (non-hydrogen) atoms. The fourth-order valence-electron chi connectivity index (χ4n) is 1.37.